The molecular weight excluding hydrogens is 204 g/mol. The molecule has 0 saturated carbocycles. The Hall–Kier alpha value is -1.25. The van der Waals surface area contributed by atoms with E-state index in [1.165, 1.54) is 12.5 Å². The molecule has 3 nitrogen and oxygen atoms in total. The summed E-state index contributed by atoms with van der Waals surface area (Å²) in [5.41, 5.74) is 2.07. The maximum absolute atomic E-state index is 11.1. The Kier molecular flexibility index (Phi) is 8.31. The van der Waals surface area contributed by atoms with Crippen molar-refractivity contribution in [3.05, 3.63) is 23.7 Å². The summed E-state index contributed by atoms with van der Waals surface area (Å²) in [6.07, 6.45) is 6.16. The Morgan fingerprint density at radius 3 is 1.62 bits per heavy atom. The molecule has 0 spiro atoms. The summed E-state index contributed by atoms with van der Waals surface area (Å²) in [7, 11) is 0. The van der Waals surface area contributed by atoms with E-state index in [4.69, 9.17) is 9.47 Å². The van der Waals surface area contributed by atoms with Gasteiger partial charge in [-0.2, -0.15) is 0 Å². The lowest BCUT2D eigenvalue weighted by Gasteiger charge is -2.01. The number of hydrogen-bond acceptors (Lipinski definition) is 3. The van der Waals surface area contributed by atoms with Crippen molar-refractivity contribution in [3.63, 3.8) is 0 Å². The first-order chi connectivity index (χ1) is 7.60. The zero-order chi connectivity index (χ0) is 12.4. The lowest BCUT2D eigenvalue weighted by atomic mass is 10.2. The van der Waals surface area contributed by atoms with Gasteiger partial charge in [-0.15, -0.1) is 0 Å². The van der Waals surface area contributed by atoms with E-state index in [9.17, 15) is 4.79 Å². The van der Waals surface area contributed by atoms with Crippen LogP contribution in [0.5, 0.6) is 0 Å². The second-order valence-corrected chi connectivity index (χ2v) is 3.91. The number of allylic oxidation sites excluding steroid dienone is 2. The molecule has 0 saturated heterocycles. The molecular formula is C13H22O3. The molecule has 0 aliphatic rings. The van der Waals surface area contributed by atoms with Crippen LogP contribution in [0.2, 0.25) is 0 Å². The van der Waals surface area contributed by atoms with E-state index in [-0.39, 0.29) is 0 Å². The first kappa shape index (κ1) is 14.8. The monoisotopic (exact) mass is 226 g/mol. The lowest BCUT2D eigenvalue weighted by molar-refractivity contribution is 0.118. The molecule has 0 aromatic rings. The summed E-state index contributed by atoms with van der Waals surface area (Å²) in [4.78, 5) is 11.1. The topological polar surface area (TPSA) is 35.5 Å². The SMILES string of the molecule is CCCC(C)=COC(=O)OC=C(C)CCC. The summed E-state index contributed by atoms with van der Waals surface area (Å²) in [6.45, 7) is 8.00. The van der Waals surface area contributed by atoms with Crippen LogP contribution in [-0.2, 0) is 9.47 Å². The summed E-state index contributed by atoms with van der Waals surface area (Å²) in [5, 5.41) is 0. The van der Waals surface area contributed by atoms with Gasteiger partial charge in [0.15, 0.2) is 0 Å². The van der Waals surface area contributed by atoms with Crippen LogP contribution in [0.4, 0.5) is 4.79 Å². The minimum atomic E-state index is -0.675. The van der Waals surface area contributed by atoms with Crippen molar-refractivity contribution in [1.82, 2.24) is 0 Å². The molecule has 0 aliphatic carbocycles. The largest absolute Gasteiger partial charge is 0.518 e. The predicted octanol–water partition coefficient (Wildman–Crippen LogP) is 4.55. The van der Waals surface area contributed by atoms with Crippen LogP contribution in [-0.4, -0.2) is 6.16 Å². The van der Waals surface area contributed by atoms with Crippen LogP contribution in [0, 0.1) is 0 Å². The van der Waals surface area contributed by atoms with Gasteiger partial charge in [-0.1, -0.05) is 26.7 Å². The van der Waals surface area contributed by atoms with E-state index in [0.29, 0.717) is 0 Å². The second-order valence-electron chi connectivity index (χ2n) is 3.91. The molecule has 0 amide bonds. The van der Waals surface area contributed by atoms with Gasteiger partial charge in [0.05, 0.1) is 12.5 Å². The van der Waals surface area contributed by atoms with E-state index in [1.807, 2.05) is 13.8 Å². The predicted molar refractivity (Wildman–Crippen MR) is 64.9 cm³/mol. The van der Waals surface area contributed by atoms with Crippen molar-refractivity contribution in [2.24, 2.45) is 0 Å². The fourth-order valence-electron chi connectivity index (χ4n) is 1.23. The van der Waals surface area contributed by atoms with E-state index >= 15 is 0 Å². The Balaban J connectivity index is 3.91. The van der Waals surface area contributed by atoms with Gasteiger partial charge in [0.25, 0.3) is 0 Å². The summed E-state index contributed by atoms with van der Waals surface area (Å²) in [6, 6.07) is 0. The van der Waals surface area contributed by atoms with Gasteiger partial charge in [-0.25, -0.2) is 4.79 Å². The third-order valence-corrected chi connectivity index (χ3v) is 2.00. The van der Waals surface area contributed by atoms with Crippen molar-refractivity contribution < 1.29 is 14.3 Å². The molecule has 0 atom stereocenters. The fraction of sp³-hybridized carbons (Fsp3) is 0.615. The van der Waals surface area contributed by atoms with Gasteiger partial charge in [-0.3, -0.25) is 0 Å². The molecule has 0 unspecified atom stereocenters. The minimum Gasteiger partial charge on any atom is -0.403 e. The van der Waals surface area contributed by atoms with Crippen molar-refractivity contribution in [3.8, 4) is 0 Å². The standard InChI is InChI=1S/C13H22O3/c1-5-7-11(3)9-15-13(14)16-10-12(4)8-6-2/h9-10H,5-8H2,1-4H3. The molecule has 0 aromatic carbocycles. The molecule has 0 bridgehead atoms. The zero-order valence-electron chi connectivity index (χ0n) is 10.7. The molecule has 0 aliphatic heterocycles. The Labute approximate surface area is 98.1 Å². The molecule has 0 radical (unpaired) electrons. The molecule has 0 N–H and O–H groups in total. The van der Waals surface area contributed by atoms with Gasteiger partial charge >= 0.3 is 6.16 Å². The van der Waals surface area contributed by atoms with Gasteiger partial charge in [0.1, 0.15) is 0 Å². The Morgan fingerprint density at radius 1 is 0.938 bits per heavy atom. The normalized spacial score (nSPS) is 12.5. The highest BCUT2D eigenvalue weighted by molar-refractivity contribution is 5.61. The number of carbonyl (C=O) groups is 1. The van der Waals surface area contributed by atoms with E-state index in [0.717, 1.165) is 36.8 Å². The maximum atomic E-state index is 11.1. The lowest BCUT2D eigenvalue weighted by Crippen LogP contribution is -1.99. The molecule has 3 heteroatoms. The van der Waals surface area contributed by atoms with Crippen molar-refractivity contribution in [2.75, 3.05) is 0 Å². The number of hydrogen-bond donors (Lipinski definition) is 0. The minimum absolute atomic E-state index is 0.675. The smallest absolute Gasteiger partial charge is 0.403 e. The van der Waals surface area contributed by atoms with Crippen LogP contribution in [0.15, 0.2) is 23.7 Å². The molecule has 0 heterocycles. The Morgan fingerprint density at radius 2 is 1.31 bits per heavy atom. The average molecular weight is 226 g/mol. The molecule has 92 valence electrons. The second kappa shape index (κ2) is 9.01. The number of carbonyl (C=O) groups excluding carboxylic acids is 1. The van der Waals surface area contributed by atoms with Gasteiger partial charge in [-0.05, 0) is 37.8 Å². The van der Waals surface area contributed by atoms with Crippen LogP contribution < -0.4 is 0 Å². The number of ether oxygens (including phenoxy) is 2. The van der Waals surface area contributed by atoms with Crippen LogP contribution in [0.1, 0.15) is 53.4 Å². The molecule has 0 rings (SSSR count). The highest BCUT2D eigenvalue weighted by atomic mass is 16.7. The highest BCUT2D eigenvalue weighted by Gasteiger charge is 2.00. The summed E-state index contributed by atoms with van der Waals surface area (Å²) < 4.78 is 9.63. The van der Waals surface area contributed by atoms with Crippen LogP contribution in [0.25, 0.3) is 0 Å². The summed E-state index contributed by atoms with van der Waals surface area (Å²) >= 11 is 0. The molecule has 16 heavy (non-hydrogen) atoms. The van der Waals surface area contributed by atoms with Crippen LogP contribution in [0.3, 0.4) is 0 Å². The third-order valence-electron chi connectivity index (χ3n) is 2.00. The van der Waals surface area contributed by atoms with Gasteiger partial charge in [0.2, 0.25) is 0 Å². The van der Waals surface area contributed by atoms with Crippen molar-refractivity contribution >= 4 is 6.16 Å². The quantitative estimate of drug-likeness (QED) is 0.492. The number of rotatable bonds is 6. The maximum Gasteiger partial charge on any atom is 0.518 e. The first-order valence-electron chi connectivity index (χ1n) is 5.78. The zero-order valence-corrected chi connectivity index (χ0v) is 10.7. The van der Waals surface area contributed by atoms with Crippen LogP contribution >= 0.6 is 0 Å². The van der Waals surface area contributed by atoms with E-state index < -0.39 is 6.16 Å². The van der Waals surface area contributed by atoms with E-state index in [2.05, 4.69) is 13.8 Å². The van der Waals surface area contributed by atoms with Crippen molar-refractivity contribution in [1.29, 1.82) is 0 Å². The average Bonchev–Trinajstić information content (AvgIpc) is 2.24. The molecule has 0 fully saturated rings. The third kappa shape index (κ3) is 8.09. The highest BCUT2D eigenvalue weighted by Crippen LogP contribution is 2.05. The van der Waals surface area contributed by atoms with E-state index in [1.54, 1.807) is 0 Å². The van der Waals surface area contributed by atoms with Gasteiger partial charge < -0.3 is 9.47 Å². The summed E-state index contributed by atoms with van der Waals surface area (Å²) in [5.74, 6) is 0. The first-order valence-corrected chi connectivity index (χ1v) is 5.78. The molecule has 0 aromatic heterocycles. The fourth-order valence-corrected chi connectivity index (χ4v) is 1.23. The Bertz CT molecular complexity index is 238. The van der Waals surface area contributed by atoms with Gasteiger partial charge in [0, 0.05) is 0 Å². The van der Waals surface area contributed by atoms with Crippen molar-refractivity contribution in [2.45, 2.75) is 53.4 Å².